The van der Waals surface area contributed by atoms with Gasteiger partial charge in [-0.25, -0.2) is 0 Å². The van der Waals surface area contributed by atoms with Gasteiger partial charge in [0.25, 0.3) is 0 Å². The van der Waals surface area contributed by atoms with Crippen LogP contribution in [-0.4, -0.2) is 37.5 Å². The van der Waals surface area contributed by atoms with E-state index in [0.717, 1.165) is 31.8 Å². The van der Waals surface area contributed by atoms with Gasteiger partial charge in [0.15, 0.2) is 0 Å². The molecule has 1 aromatic heterocycles. The van der Waals surface area contributed by atoms with E-state index in [9.17, 15) is 14.7 Å². The summed E-state index contributed by atoms with van der Waals surface area (Å²) in [5.74, 6) is 1.02. The molecule has 1 unspecified atom stereocenters. The Bertz CT molecular complexity index is 1190. The molecule has 0 aliphatic carbocycles. The third-order valence-electron chi connectivity index (χ3n) is 5.77. The number of benzene rings is 2. The first-order valence-corrected chi connectivity index (χ1v) is 11.2. The van der Waals surface area contributed by atoms with Crippen LogP contribution in [0.2, 0.25) is 0 Å². The first-order chi connectivity index (χ1) is 16.0. The monoisotopic (exact) mass is 452 g/mol. The van der Waals surface area contributed by atoms with E-state index >= 15 is 0 Å². The predicted octanol–water partition coefficient (Wildman–Crippen LogP) is 4.60. The standard InChI is InChI=1S/C26H28O7/c1-3-31-22-13-23-21(11-19(22)12-24(27)28)26(29)25(16(2)33-23)18-6-8-20(9-7-18)32-15-17-5-4-10-30-14-17/h6-9,11,13,17H,3-5,10,12,14-15H2,1-2H3,(H,27,28). The van der Waals surface area contributed by atoms with E-state index in [1.54, 1.807) is 19.1 Å². The summed E-state index contributed by atoms with van der Waals surface area (Å²) in [6.45, 7) is 6.09. The predicted molar refractivity (Wildman–Crippen MR) is 124 cm³/mol. The molecule has 3 aromatic rings. The molecule has 0 bridgehead atoms. The quantitative estimate of drug-likeness (QED) is 0.534. The van der Waals surface area contributed by atoms with Gasteiger partial charge >= 0.3 is 5.97 Å². The number of carboxylic acids is 1. The number of hydrogen-bond donors (Lipinski definition) is 1. The lowest BCUT2D eigenvalue weighted by atomic mass is 10.0. The maximum absolute atomic E-state index is 13.4. The van der Waals surface area contributed by atoms with Crippen LogP contribution in [-0.2, 0) is 16.0 Å². The zero-order valence-corrected chi connectivity index (χ0v) is 18.9. The highest BCUT2D eigenvalue weighted by atomic mass is 16.5. The van der Waals surface area contributed by atoms with Crippen LogP contribution in [0, 0.1) is 12.8 Å². The van der Waals surface area contributed by atoms with Crippen LogP contribution in [0.3, 0.4) is 0 Å². The van der Waals surface area contributed by atoms with Crippen molar-refractivity contribution >= 4 is 16.9 Å². The van der Waals surface area contributed by atoms with Crippen LogP contribution in [0.1, 0.15) is 31.1 Å². The minimum atomic E-state index is -0.998. The molecule has 2 aromatic carbocycles. The second kappa shape index (κ2) is 10.1. The Balaban J connectivity index is 1.64. The Kier molecular flexibility index (Phi) is 6.99. The van der Waals surface area contributed by atoms with Gasteiger partial charge in [0, 0.05) is 24.2 Å². The lowest BCUT2D eigenvalue weighted by Gasteiger charge is -2.22. The number of rotatable bonds is 8. The van der Waals surface area contributed by atoms with E-state index in [4.69, 9.17) is 18.6 Å². The summed E-state index contributed by atoms with van der Waals surface area (Å²) in [6.07, 6.45) is 1.92. The lowest BCUT2D eigenvalue weighted by Crippen LogP contribution is -2.23. The van der Waals surface area contributed by atoms with Gasteiger partial charge in [-0.3, -0.25) is 9.59 Å². The molecule has 0 radical (unpaired) electrons. The van der Waals surface area contributed by atoms with E-state index in [0.29, 0.717) is 58.3 Å². The van der Waals surface area contributed by atoms with Crippen LogP contribution in [0.15, 0.2) is 45.6 Å². The second-order valence-electron chi connectivity index (χ2n) is 8.24. The highest BCUT2D eigenvalue weighted by Crippen LogP contribution is 2.30. The van der Waals surface area contributed by atoms with Gasteiger partial charge in [-0.2, -0.15) is 0 Å². The summed E-state index contributed by atoms with van der Waals surface area (Å²) in [4.78, 5) is 24.7. The molecule has 0 amide bonds. The number of aryl methyl sites for hydroxylation is 1. The zero-order chi connectivity index (χ0) is 23.4. The Labute approximate surface area is 191 Å². The smallest absolute Gasteiger partial charge is 0.307 e. The summed E-state index contributed by atoms with van der Waals surface area (Å²) in [6, 6.07) is 10.5. The maximum Gasteiger partial charge on any atom is 0.307 e. The van der Waals surface area contributed by atoms with Gasteiger partial charge in [0.2, 0.25) is 5.43 Å². The summed E-state index contributed by atoms with van der Waals surface area (Å²) < 4.78 is 22.9. The molecule has 1 N–H and O–H groups in total. The van der Waals surface area contributed by atoms with Crippen molar-refractivity contribution in [2.75, 3.05) is 26.4 Å². The molecule has 1 fully saturated rings. The highest BCUT2D eigenvalue weighted by molar-refractivity contribution is 5.86. The molecular formula is C26H28O7. The van der Waals surface area contributed by atoms with Crippen LogP contribution < -0.4 is 14.9 Å². The Morgan fingerprint density at radius 3 is 2.64 bits per heavy atom. The first-order valence-electron chi connectivity index (χ1n) is 11.2. The molecule has 4 rings (SSSR count). The second-order valence-corrected chi connectivity index (χ2v) is 8.24. The zero-order valence-electron chi connectivity index (χ0n) is 18.9. The average molecular weight is 453 g/mol. The number of fused-ring (bicyclic) bond motifs is 1. The molecule has 174 valence electrons. The fraction of sp³-hybridized carbons (Fsp3) is 0.385. The first kappa shape index (κ1) is 22.9. The minimum absolute atomic E-state index is 0.212. The number of aliphatic carboxylic acids is 1. The molecule has 1 atom stereocenters. The Hall–Kier alpha value is -3.32. The highest BCUT2D eigenvalue weighted by Gasteiger charge is 2.18. The van der Waals surface area contributed by atoms with E-state index < -0.39 is 5.97 Å². The molecular weight excluding hydrogens is 424 g/mol. The van der Waals surface area contributed by atoms with Crippen molar-refractivity contribution < 1.29 is 28.5 Å². The normalized spacial score (nSPS) is 16.0. The van der Waals surface area contributed by atoms with E-state index in [2.05, 4.69) is 0 Å². The van der Waals surface area contributed by atoms with Gasteiger partial charge in [0.1, 0.15) is 22.8 Å². The van der Waals surface area contributed by atoms with Crippen molar-refractivity contribution in [1.29, 1.82) is 0 Å². The third kappa shape index (κ3) is 5.20. The van der Waals surface area contributed by atoms with Gasteiger partial charge in [0.05, 0.1) is 37.2 Å². The SMILES string of the molecule is CCOc1cc2oc(C)c(-c3ccc(OCC4CCCOC4)cc3)c(=O)c2cc1CC(=O)O. The van der Waals surface area contributed by atoms with E-state index in [1.165, 1.54) is 0 Å². The van der Waals surface area contributed by atoms with Crippen molar-refractivity contribution in [3.8, 4) is 22.6 Å². The minimum Gasteiger partial charge on any atom is -0.493 e. The van der Waals surface area contributed by atoms with Crippen molar-refractivity contribution in [3.63, 3.8) is 0 Å². The Morgan fingerprint density at radius 1 is 1.18 bits per heavy atom. The van der Waals surface area contributed by atoms with Crippen molar-refractivity contribution in [2.45, 2.75) is 33.1 Å². The van der Waals surface area contributed by atoms with Gasteiger partial charge < -0.3 is 23.7 Å². The summed E-state index contributed by atoms with van der Waals surface area (Å²) in [5, 5.41) is 9.58. The Morgan fingerprint density at radius 2 is 1.97 bits per heavy atom. The number of hydrogen-bond acceptors (Lipinski definition) is 6. The fourth-order valence-corrected chi connectivity index (χ4v) is 4.17. The number of carboxylic acid groups (broad SMARTS) is 1. The maximum atomic E-state index is 13.4. The average Bonchev–Trinajstić information content (AvgIpc) is 2.80. The molecule has 0 spiro atoms. The van der Waals surface area contributed by atoms with Crippen LogP contribution >= 0.6 is 0 Å². The van der Waals surface area contributed by atoms with Gasteiger partial charge in [-0.15, -0.1) is 0 Å². The molecule has 0 saturated carbocycles. The molecule has 1 saturated heterocycles. The molecule has 1 aliphatic rings. The molecule has 1 aliphatic heterocycles. The van der Waals surface area contributed by atoms with Crippen LogP contribution in [0.5, 0.6) is 11.5 Å². The molecule has 7 nitrogen and oxygen atoms in total. The van der Waals surface area contributed by atoms with Crippen molar-refractivity contribution in [1.82, 2.24) is 0 Å². The van der Waals surface area contributed by atoms with Crippen LogP contribution in [0.4, 0.5) is 0 Å². The summed E-state index contributed by atoms with van der Waals surface area (Å²) in [5.41, 5.74) is 1.75. The van der Waals surface area contributed by atoms with E-state index in [1.807, 2.05) is 31.2 Å². The summed E-state index contributed by atoms with van der Waals surface area (Å²) >= 11 is 0. The van der Waals surface area contributed by atoms with Crippen molar-refractivity contribution in [2.24, 2.45) is 5.92 Å². The molecule has 2 heterocycles. The van der Waals surface area contributed by atoms with E-state index in [-0.39, 0.29) is 11.8 Å². The molecule has 7 heteroatoms. The third-order valence-corrected chi connectivity index (χ3v) is 5.77. The van der Waals surface area contributed by atoms with Gasteiger partial charge in [-0.05, 0) is 50.5 Å². The van der Waals surface area contributed by atoms with Crippen LogP contribution in [0.25, 0.3) is 22.1 Å². The number of ether oxygens (including phenoxy) is 3. The topological polar surface area (TPSA) is 95.2 Å². The fourth-order valence-electron chi connectivity index (χ4n) is 4.17. The van der Waals surface area contributed by atoms with Crippen molar-refractivity contribution in [3.05, 3.63) is 57.9 Å². The lowest BCUT2D eigenvalue weighted by molar-refractivity contribution is -0.136. The largest absolute Gasteiger partial charge is 0.493 e. The molecule has 33 heavy (non-hydrogen) atoms. The van der Waals surface area contributed by atoms with Gasteiger partial charge in [-0.1, -0.05) is 12.1 Å². The summed E-state index contributed by atoms with van der Waals surface area (Å²) in [7, 11) is 0. The number of carbonyl (C=O) groups is 1.